The molecule has 1 saturated heterocycles. The summed E-state index contributed by atoms with van der Waals surface area (Å²) in [5.41, 5.74) is 3.30. The molecular weight excluding hydrogens is 342 g/mol. The van der Waals surface area contributed by atoms with Crippen LogP contribution in [0.4, 0.5) is 4.79 Å². The lowest BCUT2D eigenvalue weighted by Crippen LogP contribution is -2.35. The second-order valence-corrected chi connectivity index (χ2v) is 6.55. The minimum atomic E-state index is -0.196. The van der Waals surface area contributed by atoms with Crippen LogP contribution in [0.1, 0.15) is 16.7 Å². The molecule has 2 aromatic carbocycles. The van der Waals surface area contributed by atoms with E-state index in [4.69, 9.17) is 9.47 Å². The molecule has 0 aliphatic carbocycles. The molecule has 0 bridgehead atoms. The Hall–Kier alpha value is -2.57. The van der Waals surface area contributed by atoms with E-state index in [1.165, 1.54) is 5.56 Å². The van der Waals surface area contributed by atoms with Crippen molar-refractivity contribution in [3.05, 3.63) is 65.2 Å². The van der Waals surface area contributed by atoms with Gasteiger partial charge in [-0.05, 0) is 17.2 Å². The largest absolute Gasteiger partial charge is 0.496 e. The zero-order valence-electron chi connectivity index (χ0n) is 15.7. The summed E-state index contributed by atoms with van der Waals surface area (Å²) < 4.78 is 10.7. The van der Waals surface area contributed by atoms with Crippen LogP contribution in [0.15, 0.2) is 48.5 Å². The van der Waals surface area contributed by atoms with E-state index in [0.717, 1.165) is 49.7 Å². The molecule has 1 heterocycles. The van der Waals surface area contributed by atoms with Gasteiger partial charge in [0, 0.05) is 38.3 Å². The monoisotopic (exact) mass is 369 g/mol. The Labute approximate surface area is 160 Å². The molecular formula is C21H27N3O3. The van der Waals surface area contributed by atoms with Gasteiger partial charge in [0.15, 0.2) is 0 Å². The van der Waals surface area contributed by atoms with Gasteiger partial charge in [0.1, 0.15) is 5.75 Å². The summed E-state index contributed by atoms with van der Waals surface area (Å²) in [6, 6.07) is 15.8. The third kappa shape index (κ3) is 5.98. The number of amides is 2. The maximum Gasteiger partial charge on any atom is 0.315 e. The van der Waals surface area contributed by atoms with E-state index in [0.29, 0.717) is 13.1 Å². The average molecular weight is 369 g/mol. The van der Waals surface area contributed by atoms with E-state index in [1.54, 1.807) is 7.11 Å². The molecule has 2 amide bonds. The Balaban J connectivity index is 1.42. The number of ether oxygens (including phenoxy) is 2. The number of nitrogens with one attached hydrogen (secondary N) is 2. The second-order valence-electron chi connectivity index (χ2n) is 6.55. The molecule has 0 radical (unpaired) electrons. The number of hydrogen-bond donors (Lipinski definition) is 2. The summed E-state index contributed by atoms with van der Waals surface area (Å²) in [4.78, 5) is 14.4. The molecule has 0 aromatic heterocycles. The van der Waals surface area contributed by atoms with Gasteiger partial charge >= 0.3 is 6.03 Å². The zero-order valence-corrected chi connectivity index (χ0v) is 15.7. The van der Waals surface area contributed by atoms with Crippen LogP contribution in [0.5, 0.6) is 5.75 Å². The maximum absolute atomic E-state index is 12.0. The van der Waals surface area contributed by atoms with Crippen molar-refractivity contribution in [1.82, 2.24) is 15.5 Å². The fourth-order valence-corrected chi connectivity index (χ4v) is 3.05. The number of urea groups is 1. The maximum atomic E-state index is 12.0. The number of carbonyl (C=O) groups is 1. The zero-order chi connectivity index (χ0) is 18.9. The van der Waals surface area contributed by atoms with Crippen molar-refractivity contribution in [2.24, 2.45) is 0 Å². The van der Waals surface area contributed by atoms with Crippen LogP contribution in [0, 0.1) is 0 Å². The van der Waals surface area contributed by atoms with Crippen LogP contribution >= 0.6 is 0 Å². The van der Waals surface area contributed by atoms with E-state index in [-0.39, 0.29) is 6.03 Å². The quantitative estimate of drug-likeness (QED) is 0.787. The van der Waals surface area contributed by atoms with Gasteiger partial charge in [-0.15, -0.1) is 0 Å². The normalized spacial score (nSPS) is 14.6. The van der Waals surface area contributed by atoms with E-state index < -0.39 is 0 Å². The van der Waals surface area contributed by atoms with Gasteiger partial charge in [0.05, 0.1) is 20.3 Å². The van der Waals surface area contributed by atoms with Gasteiger partial charge in [0.25, 0.3) is 0 Å². The van der Waals surface area contributed by atoms with E-state index in [2.05, 4.69) is 39.8 Å². The number of morpholine rings is 1. The first-order chi connectivity index (χ1) is 13.2. The van der Waals surface area contributed by atoms with Crippen molar-refractivity contribution in [2.75, 3.05) is 33.4 Å². The highest BCUT2D eigenvalue weighted by atomic mass is 16.5. The Kier molecular flexibility index (Phi) is 7.07. The molecule has 144 valence electrons. The molecule has 6 nitrogen and oxygen atoms in total. The number of methoxy groups -OCH3 is 1. The van der Waals surface area contributed by atoms with Crippen LogP contribution in [-0.4, -0.2) is 44.3 Å². The Morgan fingerprint density at radius 3 is 2.41 bits per heavy atom. The molecule has 0 atom stereocenters. The molecule has 1 fully saturated rings. The number of rotatable bonds is 7. The van der Waals surface area contributed by atoms with Crippen molar-refractivity contribution in [3.8, 4) is 5.75 Å². The van der Waals surface area contributed by atoms with Crippen LogP contribution < -0.4 is 15.4 Å². The van der Waals surface area contributed by atoms with Crippen molar-refractivity contribution < 1.29 is 14.3 Å². The summed E-state index contributed by atoms with van der Waals surface area (Å²) in [7, 11) is 1.63. The van der Waals surface area contributed by atoms with Gasteiger partial charge in [0.2, 0.25) is 0 Å². The average Bonchev–Trinajstić information content (AvgIpc) is 2.72. The Morgan fingerprint density at radius 1 is 1.00 bits per heavy atom. The summed E-state index contributed by atoms with van der Waals surface area (Å²) in [6.45, 7) is 5.45. The molecule has 6 heteroatoms. The van der Waals surface area contributed by atoms with Crippen LogP contribution in [-0.2, 0) is 24.4 Å². The van der Waals surface area contributed by atoms with Crippen molar-refractivity contribution >= 4 is 6.03 Å². The third-order valence-electron chi connectivity index (χ3n) is 4.62. The minimum absolute atomic E-state index is 0.196. The third-order valence-corrected chi connectivity index (χ3v) is 4.62. The van der Waals surface area contributed by atoms with Crippen LogP contribution in [0.3, 0.4) is 0 Å². The number of hydrogen-bond acceptors (Lipinski definition) is 4. The van der Waals surface area contributed by atoms with Gasteiger partial charge in [-0.25, -0.2) is 4.79 Å². The number of benzene rings is 2. The first kappa shape index (κ1) is 19.2. The van der Waals surface area contributed by atoms with Gasteiger partial charge in [-0.2, -0.15) is 0 Å². The smallest absolute Gasteiger partial charge is 0.315 e. The second kappa shape index (κ2) is 9.94. The highest BCUT2D eigenvalue weighted by Crippen LogP contribution is 2.16. The highest BCUT2D eigenvalue weighted by Gasteiger charge is 2.10. The summed E-state index contributed by atoms with van der Waals surface area (Å²) >= 11 is 0. The highest BCUT2D eigenvalue weighted by molar-refractivity contribution is 5.73. The minimum Gasteiger partial charge on any atom is -0.496 e. The van der Waals surface area contributed by atoms with Gasteiger partial charge in [-0.3, -0.25) is 4.90 Å². The predicted molar refractivity (Wildman–Crippen MR) is 105 cm³/mol. The number of carbonyl (C=O) groups excluding carboxylic acids is 1. The molecule has 0 spiro atoms. The fourth-order valence-electron chi connectivity index (χ4n) is 3.05. The fraction of sp³-hybridized carbons (Fsp3) is 0.381. The SMILES string of the molecule is COc1ccccc1CNC(=O)NCc1ccc(CN2CCOCC2)cc1. The van der Waals surface area contributed by atoms with Crippen LogP contribution in [0.2, 0.25) is 0 Å². The molecule has 0 unspecified atom stereocenters. The lowest BCUT2D eigenvalue weighted by atomic mass is 10.1. The standard InChI is InChI=1S/C21H27N3O3/c1-26-20-5-3-2-4-19(20)15-23-21(25)22-14-17-6-8-18(9-7-17)16-24-10-12-27-13-11-24/h2-9H,10-16H2,1H3,(H2,22,23,25). The first-order valence-electron chi connectivity index (χ1n) is 9.26. The lowest BCUT2D eigenvalue weighted by molar-refractivity contribution is 0.0342. The molecule has 1 aliphatic rings. The molecule has 2 N–H and O–H groups in total. The van der Waals surface area contributed by atoms with Crippen molar-refractivity contribution in [3.63, 3.8) is 0 Å². The molecule has 1 aliphatic heterocycles. The van der Waals surface area contributed by atoms with E-state index in [1.807, 2.05) is 24.3 Å². The van der Waals surface area contributed by atoms with E-state index in [9.17, 15) is 4.79 Å². The summed E-state index contributed by atoms with van der Waals surface area (Å²) in [6.07, 6.45) is 0. The van der Waals surface area contributed by atoms with Gasteiger partial charge in [-0.1, -0.05) is 42.5 Å². The van der Waals surface area contributed by atoms with Crippen molar-refractivity contribution in [1.29, 1.82) is 0 Å². The predicted octanol–water partition coefficient (Wildman–Crippen LogP) is 2.53. The molecule has 2 aromatic rings. The summed E-state index contributed by atoms with van der Waals surface area (Å²) in [5, 5.41) is 5.75. The molecule has 3 rings (SSSR count). The van der Waals surface area contributed by atoms with Crippen molar-refractivity contribution in [2.45, 2.75) is 19.6 Å². The van der Waals surface area contributed by atoms with Crippen LogP contribution in [0.25, 0.3) is 0 Å². The van der Waals surface area contributed by atoms with E-state index >= 15 is 0 Å². The Bertz CT molecular complexity index is 728. The number of nitrogens with zero attached hydrogens (tertiary/aromatic N) is 1. The first-order valence-corrected chi connectivity index (χ1v) is 9.26. The Morgan fingerprint density at radius 2 is 1.67 bits per heavy atom. The summed E-state index contributed by atoms with van der Waals surface area (Å²) in [5.74, 6) is 0.772. The lowest BCUT2D eigenvalue weighted by Gasteiger charge is -2.26. The molecule has 27 heavy (non-hydrogen) atoms. The van der Waals surface area contributed by atoms with Gasteiger partial charge < -0.3 is 20.1 Å². The molecule has 0 saturated carbocycles. The number of para-hydroxylation sites is 1. The topological polar surface area (TPSA) is 62.8 Å².